The maximum atomic E-state index is 5.59. The standard InChI is InChI=1S/C10H14BrN5/c1-3-15(2)9-5-4-8-13-7(6-12)10(11)16(8)14-9/h4-5H,3,6,12H2,1-2H3. The maximum absolute atomic E-state index is 5.59. The summed E-state index contributed by atoms with van der Waals surface area (Å²) in [6.45, 7) is 3.40. The number of fused-ring (bicyclic) bond motifs is 1. The van der Waals surface area contributed by atoms with Gasteiger partial charge in [0.1, 0.15) is 10.4 Å². The largest absolute Gasteiger partial charge is 0.359 e. The zero-order chi connectivity index (χ0) is 11.7. The minimum atomic E-state index is 0.406. The second-order valence-electron chi connectivity index (χ2n) is 3.53. The van der Waals surface area contributed by atoms with E-state index in [9.17, 15) is 0 Å². The molecule has 0 aliphatic rings. The topological polar surface area (TPSA) is 59.5 Å². The fourth-order valence-corrected chi connectivity index (χ4v) is 1.95. The third-order valence-electron chi connectivity index (χ3n) is 2.53. The van der Waals surface area contributed by atoms with E-state index < -0.39 is 0 Å². The van der Waals surface area contributed by atoms with Crippen LogP contribution >= 0.6 is 15.9 Å². The summed E-state index contributed by atoms with van der Waals surface area (Å²) in [4.78, 5) is 6.43. The SMILES string of the molecule is CCN(C)c1ccc2nc(CN)c(Br)n2n1. The Bertz CT molecular complexity index is 507. The van der Waals surface area contributed by atoms with E-state index in [2.05, 4.69) is 37.8 Å². The molecule has 0 aromatic carbocycles. The van der Waals surface area contributed by atoms with Crippen LogP contribution in [0.15, 0.2) is 16.7 Å². The molecule has 6 heteroatoms. The van der Waals surface area contributed by atoms with Crippen LogP contribution in [0.1, 0.15) is 12.6 Å². The average Bonchev–Trinajstić information content (AvgIpc) is 2.64. The lowest BCUT2D eigenvalue weighted by Crippen LogP contribution is -2.18. The summed E-state index contributed by atoms with van der Waals surface area (Å²) in [6.07, 6.45) is 0. The van der Waals surface area contributed by atoms with Gasteiger partial charge in [0.15, 0.2) is 5.65 Å². The summed E-state index contributed by atoms with van der Waals surface area (Å²) in [6, 6.07) is 3.90. The van der Waals surface area contributed by atoms with E-state index >= 15 is 0 Å². The molecule has 0 bridgehead atoms. The molecule has 2 aromatic heterocycles. The third kappa shape index (κ3) is 1.78. The van der Waals surface area contributed by atoms with Gasteiger partial charge in [-0.15, -0.1) is 5.10 Å². The lowest BCUT2D eigenvalue weighted by molar-refractivity contribution is 0.848. The molecule has 0 amide bonds. The Hall–Kier alpha value is -1.14. The zero-order valence-electron chi connectivity index (χ0n) is 9.31. The van der Waals surface area contributed by atoms with Crippen molar-refractivity contribution >= 4 is 27.4 Å². The van der Waals surface area contributed by atoms with Crippen molar-refractivity contribution in [3.05, 3.63) is 22.4 Å². The van der Waals surface area contributed by atoms with Gasteiger partial charge >= 0.3 is 0 Å². The molecular weight excluding hydrogens is 270 g/mol. The van der Waals surface area contributed by atoms with Crippen LogP contribution in [0, 0.1) is 0 Å². The summed E-state index contributed by atoms with van der Waals surface area (Å²) in [7, 11) is 2.00. The number of anilines is 1. The van der Waals surface area contributed by atoms with Crippen LogP contribution in [0.25, 0.3) is 5.65 Å². The van der Waals surface area contributed by atoms with Gasteiger partial charge in [0.25, 0.3) is 0 Å². The molecule has 5 nitrogen and oxygen atoms in total. The van der Waals surface area contributed by atoms with Crippen LogP contribution in [0.5, 0.6) is 0 Å². The second kappa shape index (κ2) is 4.39. The maximum Gasteiger partial charge on any atom is 0.155 e. The fourth-order valence-electron chi connectivity index (χ4n) is 1.44. The van der Waals surface area contributed by atoms with Crippen LogP contribution in [0.3, 0.4) is 0 Å². The molecule has 0 spiro atoms. The Kier molecular flexibility index (Phi) is 3.11. The van der Waals surface area contributed by atoms with Gasteiger partial charge in [0.05, 0.1) is 5.69 Å². The van der Waals surface area contributed by atoms with Gasteiger partial charge in [-0.2, -0.15) is 0 Å². The van der Waals surface area contributed by atoms with Crippen molar-refractivity contribution in [1.82, 2.24) is 14.6 Å². The first-order chi connectivity index (χ1) is 7.67. The summed E-state index contributed by atoms with van der Waals surface area (Å²) < 4.78 is 2.60. The number of hydrogen-bond donors (Lipinski definition) is 1. The predicted molar refractivity (Wildman–Crippen MR) is 67.5 cm³/mol. The predicted octanol–water partition coefficient (Wildman–Crippen LogP) is 1.41. The van der Waals surface area contributed by atoms with Crippen LogP contribution in [-0.2, 0) is 6.54 Å². The Morgan fingerprint density at radius 2 is 2.25 bits per heavy atom. The monoisotopic (exact) mass is 283 g/mol. The van der Waals surface area contributed by atoms with Gasteiger partial charge in [-0.25, -0.2) is 9.50 Å². The van der Waals surface area contributed by atoms with Crippen LogP contribution < -0.4 is 10.6 Å². The molecule has 0 atom stereocenters. The molecular formula is C10H14BrN5. The Labute approximate surface area is 102 Å². The van der Waals surface area contributed by atoms with Gasteiger partial charge in [-0.05, 0) is 35.0 Å². The highest BCUT2D eigenvalue weighted by Gasteiger charge is 2.10. The summed E-state index contributed by atoms with van der Waals surface area (Å²) in [5.74, 6) is 0.914. The summed E-state index contributed by atoms with van der Waals surface area (Å²) in [5, 5.41) is 4.49. The molecule has 0 saturated carbocycles. The van der Waals surface area contributed by atoms with E-state index in [-0.39, 0.29) is 0 Å². The molecule has 0 saturated heterocycles. The number of rotatable bonds is 3. The van der Waals surface area contributed by atoms with E-state index in [1.54, 1.807) is 4.52 Å². The molecule has 16 heavy (non-hydrogen) atoms. The van der Waals surface area contributed by atoms with Crippen molar-refractivity contribution in [2.24, 2.45) is 5.73 Å². The van der Waals surface area contributed by atoms with Crippen molar-refractivity contribution < 1.29 is 0 Å². The first kappa shape index (κ1) is 11.3. The second-order valence-corrected chi connectivity index (χ2v) is 4.28. The van der Waals surface area contributed by atoms with E-state index in [0.717, 1.165) is 28.3 Å². The number of nitrogens with two attached hydrogens (primary N) is 1. The van der Waals surface area contributed by atoms with E-state index in [4.69, 9.17) is 5.73 Å². The Morgan fingerprint density at radius 3 is 2.88 bits per heavy atom. The number of aromatic nitrogens is 3. The highest BCUT2D eigenvalue weighted by Crippen LogP contribution is 2.19. The number of nitrogens with zero attached hydrogens (tertiary/aromatic N) is 4. The van der Waals surface area contributed by atoms with E-state index in [1.165, 1.54) is 0 Å². The third-order valence-corrected chi connectivity index (χ3v) is 3.33. The van der Waals surface area contributed by atoms with Gasteiger partial charge in [0, 0.05) is 20.1 Å². The molecule has 0 fully saturated rings. The highest BCUT2D eigenvalue weighted by molar-refractivity contribution is 9.10. The molecule has 2 heterocycles. The smallest absolute Gasteiger partial charge is 0.155 e. The van der Waals surface area contributed by atoms with Gasteiger partial charge in [-0.3, -0.25) is 0 Å². The summed E-state index contributed by atoms with van der Waals surface area (Å²) >= 11 is 3.46. The lowest BCUT2D eigenvalue weighted by Gasteiger charge is -2.14. The summed E-state index contributed by atoms with van der Waals surface area (Å²) in [5.41, 5.74) is 7.22. The number of halogens is 1. The van der Waals surface area contributed by atoms with Crippen LogP contribution in [0.4, 0.5) is 5.82 Å². The first-order valence-corrected chi connectivity index (χ1v) is 5.92. The van der Waals surface area contributed by atoms with Crippen LogP contribution in [-0.4, -0.2) is 28.2 Å². The molecule has 0 radical (unpaired) electrons. The zero-order valence-corrected chi connectivity index (χ0v) is 10.9. The lowest BCUT2D eigenvalue weighted by atomic mass is 10.4. The highest BCUT2D eigenvalue weighted by atomic mass is 79.9. The molecule has 0 aliphatic carbocycles. The molecule has 0 aliphatic heterocycles. The normalized spacial score (nSPS) is 11.0. The quantitative estimate of drug-likeness (QED) is 0.925. The Morgan fingerprint density at radius 1 is 1.50 bits per heavy atom. The van der Waals surface area contributed by atoms with Crippen LogP contribution in [0.2, 0.25) is 0 Å². The van der Waals surface area contributed by atoms with Crippen molar-refractivity contribution in [3.63, 3.8) is 0 Å². The van der Waals surface area contributed by atoms with Gasteiger partial charge < -0.3 is 10.6 Å². The first-order valence-electron chi connectivity index (χ1n) is 5.12. The Balaban J connectivity index is 2.56. The number of hydrogen-bond acceptors (Lipinski definition) is 4. The molecule has 2 N–H and O–H groups in total. The minimum absolute atomic E-state index is 0.406. The molecule has 86 valence electrons. The van der Waals surface area contributed by atoms with Crippen molar-refractivity contribution in [3.8, 4) is 0 Å². The average molecular weight is 284 g/mol. The van der Waals surface area contributed by atoms with Crippen molar-refractivity contribution in [2.45, 2.75) is 13.5 Å². The van der Waals surface area contributed by atoms with E-state index in [1.807, 2.05) is 19.2 Å². The molecule has 0 unspecified atom stereocenters. The van der Waals surface area contributed by atoms with Crippen molar-refractivity contribution in [2.75, 3.05) is 18.5 Å². The van der Waals surface area contributed by atoms with Gasteiger partial charge in [0.2, 0.25) is 0 Å². The van der Waals surface area contributed by atoms with Gasteiger partial charge in [-0.1, -0.05) is 0 Å². The van der Waals surface area contributed by atoms with Crippen molar-refractivity contribution in [1.29, 1.82) is 0 Å². The fraction of sp³-hybridized carbons (Fsp3) is 0.400. The molecule has 2 rings (SSSR count). The minimum Gasteiger partial charge on any atom is -0.359 e. The number of imidazole rings is 1. The van der Waals surface area contributed by atoms with E-state index in [0.29, 0.717) is 6.54 Å². The molecule has 2 aromatic rings.